The molecule has 1 rings (SSSR count). The highest BCUT2D eigenvalue weighted by atomic mass is 31.2. The molecule has 1 aliphatic heterocycles. The second-order valence-corrected chi connectivity index (χ2v) is 6.38. The normalized spacial score (nSPS) is 22.9. The molecule has 0 fully saturated rings. The zero-order valence-corrected chi connectivity index (χ0v) is 13.1. The topological polar surface area (TPSA) is 110 Å². The largest absolute Gasteiger partial charge is 0.430 e. The third-order valence-corrected chi connectivity index (χ3v) is 5.33. The molecular formula is C11H16F3N4O3P. The Morgan fingerprint density at radius 2 is 1.91 bits per heavy atom. The Morgan fingerprint density at radius 1 is 1.41 bits per heavy atom. The Morgan fingerprint density at radius 3 is 2.27 bits per heavy atom. The van der Waals surface area contributed by atoms with E-state index in [0.29, 0.717) is 0 Å². The molecule has 22 heavy (non-hydrogen) atoms. The third-order valence-electron chi connectivity index (χ3n) is 2.76. The first-order valence-electron chi connectivity index (χ1n) is 6.29. The Hall–Kier alpha value is -1.56. The van der Waals surface area contributed by atoms with Crippen LogP contribution in [-0.4, -0.2) is 30.5 Å². The molecule has 0 saturated carbocycles. The van der Waals surface area contributed by atoms with Crippen LogP contribution in [0.15, 0.2) is 16.4 Å². The van der Waals surface area contributed by atoms with Crippen LogP contribution in [0.1, 0.15) is 20.8 Å². The molecular weight excluding hydrogens is 324 g/mol. The smallest absolute Gasteiger partial charge is 0.384 e. The number of alkyl halides is 3. The van der Waals surface area contributed by atoms with E-state index >= 15 is 0 Å². The van der Waals surface area contributed by atoms with E-state index in [1.165, 1.54) is 26.8 Å². The molecule has 0 aromatic rings. The predicted molar refractivity (Wildman–Crippen MR) is 72.7 cm³/mol. The summed E-state index contributed by atoms with van der Waals surface area (Å²) in [6.07, 6.45) is -5.22. The first-order chi connectivity index (χ1) is 10.1. The molecule has 0 spiro atoms. The van der Waals surface area contributed by atoms with Crippen LogP contribution in [0.25, 0.3) is 0 Å². The number of halogens is 3. The van der Waals surface area contributed by atoms with Gasteiger partial charge in [0.25, 0.3) is 5.28 Å². The van der Waals surface area contributed by atoms with Crippen molar-refractivity contribution in [2.75, 3.05) is 13.2 Å². The van der Waals surface area contributed by atoms with Gasteiger partial charge >= 0.3 is 13.8 Å². The highest BCUT2D eigenvalue weighted by molar-refractivity contribution is 7.56. The number of aliphatic imine (C=N–C) groups is 1. The summed E-state index contributed by atoms with van der Waals surface area (Å²) in [5.41, 5.74) is 4.43. The lowest BCUT2D eigenvalue weighted by atomic mass is 10.1. The van der Waals surface area contributed by atoms with Crippen LogP contribution < -0.4 is 11.1 Å². The van der Waals surface area contributed by atoms with Crippen molar-refractivity contribution in [3.05, 3.63) is 11.4 Å². The molecule has 0 aliphatic carbocycles. The van der Waals surface area contributed by atoms with Crippen molar-refractivity contribution >= 4 is 13.4 Å². The molecule has 1 unspecified atom stereocenters. The maximum atomic E-state index is 13.8. The van der Waals surface area contributed by atoms with Crippen LogP contribution in [-0.2, 0) is 13.6 Å². The van der Waals surface area contributed by atoms with E-state index in [2.05, 4.69) is 10.3 Å². The first kappa shape index (κ1) is 18.5. The van der Waals surface area contributed by atoms with Crippen molar-refractivity contribution in [3.8, 4) is 6.07 Å². The maximum absolute atomic E-state index is 13.8. The van der Waals surface area contributed by atoms with Gasteiger partial charge in [0.1, 0.15) is 23.3 Å². The zero-order valence-electron chi connectivity index (χ0n) is 12.2. The second kappa shape index (κ2) is 6.28. The lowest BCUT2D eigenvalue weighted by Crippen LogP contribution is -2.52. The number of nitriles is 1. The molecule has 0 bridgehead atoms. The molecule has 124 valence electrons. The van der Waals surface area contributed by atoms with Gasteiger partial charge in [-0.2, -0.15) is 18.4 Å². The van der Waals surface area contributed by atoms with Gasteiger partial charge in [-0.25, -0.2) is 4.99 Å². The van der Waals surface area contributed by atoms with Crippen molar-refractivity contribution < 1.29 is 26.8 Å². The summed E-state index contributed by atoms with van der Waals surface area (Å²) in [6.45, 7) is 3.26. The van der Waals surface area contributed by atoms with Gasteiger partial charge in [-0.15, -0.1) is 0 Å². The highest BCUT2D eigenvalue weighted by Crippen LogP contribution is 2.69. The first-order valence-corrected chi connectivity index (χ1v) is 7.83. The molecule has 0 saturated heterocycles. The van der Waals surface area contributed by atoms with Gasteiger partial charge in [0, 0.05) is 0 Å². The van der Waals surface area contributed by atoms with E-state index in [1.807, 2.05) is 0 Å². The molecule has 7 nitrogen and oxygen atoms in total. The number of nitrogens with two attached hydrogens (primary N) is 1. The monoisotopic (exact) mass is 340 g/mol. The summed E-state index contributed by atoms with van der Waals surface area (Å²) in [5, 5.41) is 7.95. The average Bonchev–Trinajstić information content (AvgIpc) is 2.36. The van der Waals surface area contributed by atoms with Gasteiger partial charge in [-0.1, -0.05) is 0 Å². The molecule has 3 N–H and O–H groups in total. The number of rotatable bonds is 5. The Bertz CT molecular complexity index is 586. The highest BCUT2D eigenvalue weighted by Gasteiger charge is 2.73. The lowest BCUT2D eigenvalue weighted by Gasteiger charge is -2.39. The minimum atomic E-state index is -5.22. The molecule has 1 aliphatic rings. The molecule has 11 heteroatoms. The van der Waals surface area contributed by atoms with Gasteiger partial charge in [0.15, 0.2) is 0 Å². The minimum Gasteiger partial charge on any atom is -0.384 e. The van der Waals surface area contributed by atoms with Crippen LogP contribution in [0, 0.1) is 11.3 Å². The van der Waals surface area contributed by atoms with Crippen molar-refractivity contribution in [1.29, 1.82) is 5.26 Å². The average molecular weight is 340 g/mol. The van der Waals surface area contributed by atoms with Crippen LogP contribution in [0.5, 0.6) is 0 Å². The summed E-state index contributed by atoms with van der Waals surface area (Å²) in [4.78, 5) is 3.40. The molecule has 0 radical (unpaired) electrons. The molecule has 0 amide bonds. The number of nitrogens with one attached hydrogen (secondary N) is 1. The van der Waals surface area contributed by atoms with Gasteiger partial charge in [-0.3, -0.25) is 4.57 Å². The third kappa shape index (κ3) is 2.72. The van der Waals surface area contributed by atoms with Gasteiger partial charge < -0.3 is 20.1 Å². The molecule has 0 aromatic heterocycles. The van der Waals surface area contributed by atoms with Crippen LogP contribution in [0.2, 0.25) is 0 Å². The van der Waals surface area contributed by atoms with E-state index in [-0.39, 0.29) is 19.0 Å². The van der Waals surface area contributed by atoms with Crippen molar-refractivity contribution in [3.63, 3.8) is 0 Å². The van der Waals surface area contributed by atoms with E-state index in [9.17, 15) is 17.7 Å². The van der Waals surface area contributed by atoms with E-state index in [1.54, 1.807) is 0 Å². The van der Waals surface area contributed by atoms with Crippen LogP contribution in [0.3, 0.4) is 0 Å². The molecule has 1 atom stereocenters. The van der Waals surface area contributed by atoms with Crippen LogP contribution >= 0.6 is 7.60 Å². The standard InChI is InChI=1S/C11H16F3N4O3P/c1-4-20-22(19,21-5-2)10(11(12,13)14)8(6-15)9(16)17-7(3)18-10/h4-5,16H2,1-3H3,(H,17,18). The zero-order chi connectivity index (χ0) is 17.2. The molecule has 1 heterocycles. The fourth-order valence-corrected chi connectivity index (χ4v) is 4.19. The second-order valence-electron chi connectivity index (χ2n) is 4.23. The van der Waals surface area contributed by atoms with Crippen molar-refractivity contribution in [2.24, 2.45) is 10.7 Å². The van der Waals surface area contributed by atoms with E-state index < -0.39 is 30.4 Å². The maximum Gasteiger partial charge on any atom is 0.430 e. The van der Waals surface area contributed by atoms with Gasteiger partial charge in [0.05, 0.1) is 13.2 Å². The number of hydrogen-bond donors (Lipinski definition) is 2. The van der Waals surface area contributed by atoms with E-state index in [0.717, 1.165) is 0 Å². The van der Waals surface area contributed by atoms with E-state index in [4.69, 9.17) is 20.0 Å². The predicted octanol–water partition coefficient (Wildman–Crippen LogP) is 2.23. The Kier molecular flexibility index (Phi) is 5.28. The number of amidine groups is 1. The Labute approximate surface area is 125 Å². The summed E-state index contributed by atoms with van der Waals surface area (Å²) < 4.78 is 63.9. The Balaban J connectivity index is 3.81. The fraction of sp³-hybridized carbons (Fsp3) is 0.636. The van der Waals surface area contributed by atoms with Crippen molar-refractivity contribution in [2.45, 2.75) is 32.2 Å². The van der Waals surface area contributed by atoms with Crippen molar-refractivity contribution in [1.82, 2.24) is 5.32 Å². The van der Waals surface area contributed by atoms with Crippen LogP contribution in [0.4, 0.5) is 13.2 Å². The summed E-state index contributed by atoms with van der Waals surface area (Å²) in [7, 11) is -4.91. The summed E-state index contributed by atoms with van der Waals surface area (Å²) in [5.74, 6) is -0.847. The number of nitrogens with zero attached hydrogens (tertiary/aromatic N) is 2. The van der Waals surface area contributed by atoms with Gasteiger partial charge in [-0.05, 0) is 20.8 Å². The SMILES string of the molecule is CCOP(=O)(OCC)C1(C(F)(F)F)N=C(C)NC(N)=C1C#N. The molecule has 0 aromatic carbocycles. The van der Waals surface area contributed by atoms with Gasteiger partial charge in [0.2, 0.25) is 0 Å². The summed E-state index contributed by atoms with van der Waals surface area (Å²) in [6, 6.07) is 1.33. The number of hydrogen-bond acceptors (Lipinski definition) is 7. The minimum absolute atomic E-state index is 0.256. The lowest BCUT2D eigenvalue weighted by molar-refractivity contribution is -0.156. The summed E-state index contributed by atoms with van der Waals surface area (Å²) >= 11 is 0. The quantitative estimate of drug-likeness (QED) is 0.743. The fourth-order valence-electron chi connectivity index (χ4n) is 2.03.